The summed E-state index contributed by atoms with van der Waals surface area (Å²) in [6.45, 7) is 11.4. The first kappa shape index (κ1) is 18.0. The van der Waals surface area contributed by atoms with Crippen molar-refractivity contribution < 1.29 is 4.74 Å². The minimum Gasteiger partial charge on any atom is -0.493 e. The molecule has 1 rings (SSSR count). The maximum Gasteiger partial charge on any atom is 0.127 e. The summed E-state index contributed by atoms with van der Waals surface area (Å²) in [5.41, 5.74) is 2.19. The van der Waals surface area contributed by atoms with Crippen molar-refractivity contribution in [1.82, 2.24) is 10.3 Å². The number of hydrogen-bond donors (Lipinski definition) is 1. The number of pyridine rings is 1. The van der Waals surface area contributed by atoms with Crippen LogP contribution in [0.4, 0.5) is 0 Å². The van der Waals surface area contributed by atoms with Gasteiger partial charge in [-0.15, -0.1) is 0 Å². The van der Waals surface area contributed by atoms with E-state index in [2.05, 4.69) is 37.1 Å². The van der Waals surface area contributed by atoms with E-state index in [1.807, 2.05) is 13.1 Å². The Morgan fingerprint density at radius 3 is 2.71 bits per heavy atom. The lowest BCUT2D eigenvalue weighted by Crippen LogP contribution is -2.17. The molecule has 0 fully saturated rings. The van der Waals surface area contributed by atoms with Crippen molar-refractivity contribution in [2.24, 2.45) is 5.92 Å². The van der Waals surface area contributed by atoms with Gasteiger partial charge < -0.3 is 10.1 Å². The van der Waals surface area contributed by atoms with Crippen LogP contribution >= 0.6 is 0 Å². The van der Waals surface area contributed by atoms with Gasteiger partial charge in [-0.25, -0.2) is 0 Å². The van der Waals surface area contributed by atoms with Crippen LogP contribution in [0, 0.1) is 12.8 Å². The number of nitrogens with one attached hydrogen (secondary N) is 1. The van der Waals surface area contributed by atoms with Gasteiger partial charge in [-0.05, 0) is 32.2 Å². The average molecular weight is 292 g/mol. The highest BCUT2D eigenvalue weighted by Crippen LogP contribution is 2.21. The zero-order valence-electron chi connectivity index (χ0n) is 14.2. The second kappa shape index (κ2) is 10.6. The average Bonchev–Trinajstić information content (AvgIpc) is 2.49. The molecule has 0 aliphatic rings. The van der Waals surface area contributed by atoms with Gasteiger partial charge in [-0.3, -0.25) is 4.98 Å². The third-order valence-corrected chi connectivity index (χ3v) is 3.84. The maximum absolute atomic E-state index is 6.12. The smallest absolute Gasteiger partial charge is 0.127 e. The van der Waals surface area contributed by atoms with Gasteiger partial charge in [-0.1, -0.05) is 40.0 Å². The molecule has 1 aromatic heterocycles. The van der Waals surface area contributed by atoms with Crippen LogP contribution in [0.25, 0.3) is 0 Å². The SMILES string of the molecule is CCCCC(CC)COc1cc(C)ncc1CNCCC. The maximum atomic E-state index is 6.12. The fraction of sp³-hybridized carbons (Fsp3) is 0.722. The molecular weight excluding hydrogens is 260 g/mol. The fourth-order valence-corrected chi connectivity index (χ4v) is 2.34. The third kappa shape index (κ3) is 6.94. The molecule has 1 N–H and O–H groups in total. The largest absolute Gasteiger partial charge is 0.493 e. The summed E-state index contributed by atoms with van der Waals surface area (Å²) in [6, 6.07) is 2.06. The van der Waals surface area contributed by atoms with Crippen LogP contribution < -0.4 is 10.1 Å². The van der Waals surface area contributed by atoms with Crippen LogP contribution in [0.1, 0.15) is 64.1 Å². The molecule has 0 spiro atoms. The summed E-state index contributed by atoms with van der Waals surface area (Å²) in [4.78, 5) is 4.40. The molecule has 120 valence electrons. The Bertz CT molecular complexity index is 393. The predicted molar refractivity (Wildman–Crippen MR) is 89.8 cm³/mol. The van der Waals surface area contributed by atoms with Crippen molar-refractivity contribution in [2.45, 2.75) is 66.3 Å². The number of rotatable bonds is 11. The Labute approximate surface area is 130 Å². The lowest BCUT2D eigenvalue weighted by Gasteiger charge is -2.18. The summed E-state index contributed by atoms with van der Waals surface area (Å²) >= 11 is 0. The molecule has 21 heavy (non-hydrogen) atoms. The Kier molecular flexibility index (Phi) is 9.07. The van der Waals surface area contributed by atoms with E-state index in [1.165, 1.54) is 31.2 Å². The third-order valence-electron chi connectivity index (χ3n) is 3.84. The highest BCUT2D eigenvalue weighted by molar-refractivity contribution is 5.32. The first-order chi connectivity index (χ1) is 10.2. The molecule has 1 atom stereocenters. The predicted octanol–water partition coefficient (Wildman–Crippen LogP) is 4.48. The van der Waals surface area contributed by atoms with Crippen molar-refractivity contribution in [3.8, 4) is 5.75 Å². The highest BCUT2D eigenvalue weighted by atomic mass is 16.5. The quantitative estimate of drug-likeness (QED) is 0.610. The molecule has 0 aliphatic heterocycles. The van der Waals surface area contributed by atoms with E-state index in [0.29, 0.717) is 5.92 Å². The number of hydrogen-bond acceptors (Lipinski definition) is 3. The van der Waals surface area contributed by atoms with Crippen LogP contribution in [0.15, 0.2) is 12.3 Å². The molecule has 0 saturated carbocycles. The van der Waals surface area contributed by atoms with E-state index in [-0.39, 0.29) is 0 Å². The number of aryl methyl sites for hydroxylation is 1. The number of ether oxygens (including phenoxy) is 1. The normalized spacial score (nSPS) is 12.4. The van der Waals surface area contributed by atoms with E-state index < -0.39 is 0 Å². The van der Waals surface area contributed by atoms with Gasteiger partial charge in [0.1, 0.15) is 5.75 Å². The Hall–Kier alpha value is -1.09. The van der Waals surface area contributed by atoms with Crippen LogP contribution in [-0.4, -0.2) is 18.1 Å². The van der Waals surface area contributed by atoms with Crippen molar-refractivity contribution in [1.29, 1.82) is 0 Å². The van der Waals surface area contributed by atoms with Crippen molar-refractivity contribution >= 4 is 0 Å². The number of unbranched alkanes of at least 4 members (excludes halogenated alkanes) is 1. The van der Waals surface area contributed by atoms with E-state index in [0.717, 1.165) is 37.6 Å². The van der Waals surface area contributed by atoms with Gasteiger partial charge in [0.2, 0.25) is 0 Å². The van der Waals surface area contributed by atoms with Crippen molar-refractivity contribution in [3.63, 3.8) is 0 Å². The van der Waals surface area contributed by atoms with Gasteiger partial charge in [0, 0.05) is 30.1 Å². The molecule has 1 heterocycles. The van der Waals surface area contributed by atoms with Gasteiger partial charge in [-0.2, -0.15) is 0 Å². The Morgan fingerprint density at radius 2 is 2.05 bits per heavy atom. The second-order valence-corrected chi connectivity index (χ2v) is 5.84. The molecule has 0 aromatic carbocycles. The van der Waals surface area contributed by atoms with Gasteiger partial charge in [0.05, 0.1) is 6.61 Å². The van der Waals surface area contributed by atoms with Gasteiger partial charge in [0.15, 0.2) is 0 Å². The lowest BCUT2D eigenvalue weighted by molar-refractivity contribution is 0.231. The topological polar surface area (TPSA) is 34.1 Å². The van der Waals surface area contributed by atoms with Crippen LogP contribution in [0.2, 0.25) is 0 Å². The molecule has 0 bridgehead atoms. The van der Waals surface area contributed by atoms with Crippen molar-refractivity contribution in [3.05, 3.63) is 23.5 Å². The van der Waals surface area contributed by atoms with Crippen LogP contribution in [0.3, 0.4) is 0 Å². The molecule has 1 aromatic rings. The van der Waals surface area contributed by atoms with Crippen LogP contribution in [0.5, 0.6) is 5.75 Å². The standard InChI is InChI=1S/C18H32N2O/c1-5-8-9-16(7-3)14-21-18-11-15(4)20-13-17(18)12-19-10-6-2/h11,13,16,19H,5-10,12,14H2,1-4H3. The zero-order valence-corrected chi connectivity index (χ0v) is 14.2. The minimum atomic E-state index is 0.662. The van der Waals surface area contributed by atoms with E-state index >= 15 is 0 Å². The lowest BCUT2D eigenvalue weighted by atomic mass is 10.0. The van der Waals surface area contributed by atoms with Gasteiger partial charge in [0.25, 0.3) is 0 Å². The second-order valence-electron chi connectivity index (χ2n) is 5.84. The number of aromatic nitrogens is 1. The van der Waals surface area contributed by atoms with Gasteiger partial charge >= 0.3 is 0 Å². The molecular formula is C18H32N2O. The Morgan fingerprint density at radius 1 is 1.24 bits per heavy atom. The minimum absolute atomic E-state index is 0.662. The Balaban J connectivity index is 2.60. The fourth-order valence-electron chi connectivity index (χ4n) is 2.34. The number of nitrogens with zero attached hydrogens (tertiary/aromatic N) is 1. The first-order valence-corrected chi connectivity index (χ1v) is 8.50. The van der Waals surface area contributed by atoms with E-state index in [9.17, 15) is 0 Å². The summed E-state index contributed by atoms with van der Waals surface area (Å²) in [5.74, 6) is 1.66. The summed E-state index contributed by atoms with van der Waals surface area (Å²) in [7, 11) is 0. The summed E-state index contributed by atoms with van der Waals surface area (Å²) in [6.07, 6.45) is 8.10. The first-order valence-electron chi connectivity index (χ1n) is 8.50. The summed E-state index contributed by atoms with van der Waals surface area (Å²) in [5, 5.41) is 3.43. The molecule has 0 amide bonds. The molecule has 1 unspecified atom stereocenters. The molecule has 0 aliphatic carbocycles. The molecule has 0 saturated heterocycles. The highest BCUT2D eigenvalue weighted by Gasteiger charge is 2.10. The molecule has 3 heteroatoms. The zero-order chi connectivity index (χ0) is 15.5. The molecule has 0 radical (unpaired) electrons. The van der Waals surface area contributed by atoms with Crippen molar-refractivity contribution in [2.75, 3.05) is 13.2 Å². The molecule has 3 nitrogen and oxygen atoms in total. The van der Waals surface area contributed by atoms with Crippen LogP contribution in [-0.2, 0) is 6.54 Å². The van der Waals surface area contributed by atoms with E-state index in [4.69, 9.17) is 4.74 Å². The van der Waals surface area contributed by atoms with E-state index in [1.54, 1.807) is 0 Å². The monoisotopic (exact) mass is 292 g/mol. The summed E-state index contributed by atoms with van der Waals surface area (Å²) < 4.78 is 6.12.